The fourth-order valence-electron chi connectivity index (χ4n) is 3.86. The number of nitrogens with zero attached hydrogens (tertiary/aromatic N) is 5. The molecule has 0 bridgehead atoms. The van der Waals surface area contributed by atoms with Gasteiger partial charge in [-0.05, 0) is 30.2 Å². The smallest absolute Gasteiger partial charge is 0.338 e. The molecule has 1 N–H and O–H groups in total. The number of allylic oxidation sites excluding steroid dienone is 1. The molecule has 3 heterocycles. The summed E-state index contributed by atoms with van der Waals surface area (Å²) in [5.41, 5.74) is 1.72. The molecule has 0 radical (unpaired) electrons. The van der Waals surface area contributed by atoms with Gasteiger partial charge in [0, 0.05) is 24.2 Å². The molecule has 200 valence electrons. The van der Waals surface area contributed by atoms with Gasteiger partial charge in [0.2, 0.25) is 5.65 Å². The molecule has 0 fully saturated rings. The zero-order chi connectivity index (χ0) is 27.1. The molecule has 10 nitrogen and oxygen atoms in total. The molecule has 12 heteroatoms. The lowest BCUT2D eigenvalue weighted by atomic mass is 10.1. The highest BCUT2D eigenvalue weighted by molar-refractivity contribution is 5.91. The van der Waals surface area contributed by atoms with E-state index in [0.717, 1.165) is 0 Å². The summed E-state index contributed by atoms with van der Waals surface area (Å²) in [6, 6.07) is 4.93. The first kappa shape index (κ1) is 26.9. The van der Waals surface area contributed by atoms with Crippen LogP contribution >= 0.6 is 0 Å². The largest absolute Gasteiger partial charge is 0.460 e. The van der Waals surface area contributed by atoms with Crippen molar-refractivity contribution in [1.29, 1.82) is 0 Å². The summed E-state index contributed by atoms with van der Waals surface area (Å²) in [7, 11) is 0. The second-order valence-electron chi connectivity index (χ2n) is 8.06. The van der Waals surface area contributed by atoms with E-state index >= 15 is 0 Å². The molecule has 0 aliphatic carbocycles. The molecule has 4 aromatic rings. The van der Waals surface area contributed by atoms with Gasteiger partial charge in [0.15, 0.2) is 0 Å². The Hall–Kier alpha value is -4.16. The number of aromatic nitrogens is 5. The number of fused-ring (bicyclic) bond motifs is 1. The number of aliphatic hydroxyl groups is 1. The first-order valence-electron chi connectivity index (χ1n) is 11.9. The predicted octanol–water partition coefficient (Wildman–Crippen LogP) is 4.24. The van der Waals surface area contributed by atoms with Crippen molar-refractivity contribution < 1.29 is 32.9 Å². The summed E-state index contributed by atoms with van der Waals surface area (Å²) in [6.45, 7) is 6.13. The van der Waals surface area contributed by atoms with Crippen LogP contribution in [0.1, 0.15) is 35.0 Å². The number of carbonyl (C=O) groups is 1. The Morgan fingerprint density at radius 2 is 2.08 bits per heavy atom. The minimum Gasteiger partial charge on any atom is -0.460 e. The zero-order valence-corrected chi connectivity index (χ0v) is 20.7. The van der Waals surface area contributed by atoms with Crippen molar-refractivity contribution in [2.24, 2.45) is 0 Å². The lowest BCUT2D eigenvalue weighted by molar-refractivity contribution is 0.0257. The van der Waals surface area contributed by atoms with Gasteiger partial charge in [0.05, 0.1) is 43.8 Å². The minimum atomic E-state index is -2.77. The fourth-order valence-corrected chi connectivity index (χ4v) is 3.86. The Balaban J connectivity index is 1.58. The summed E-state index contributed by atoms with van der Waals surface area (Å²) in [5, 5.41) is 12.7. The van der Waals surface area contributed by atoms with Gasteiger partial charge in [-0.15, -0.1) is 6.58 Å². The summed E-state index contributed by atoms with van der Waals surface area (Å²) >= 11 is 0. The van der Waals surface area contributed by atoms with E-state index in [1.807, 2.05) is 6.92 Å². The average Bonchev–Trinajstić information content (AvgIpc) is 3.53. The topological polar surface area (TPSA) is 113 Å². The molecule has 4 rings (SSSR count). The number of carbonyl (C=O) groups excluding carboxylic acids is 1. The van der Waals surface area contributed by atoms with Gasteiger partial charge in [-0.3, -0.25) is 9.08 Å². The number of halogens is 2. The lowest BCUT2D eigenvalue weighted by Gasteiger charge is -2.12. The first-order chi connectivity index (χ1) is 18.5. The second-order valence-corrected chi connectivity index (χ2v) is 8.06. The quantitative estimate of drug-likeness (QED) is 0.156. The number of aryl methyl sites for hydroxylation is 1. The monoisotopic (exact) mass is 527 g/mol. The van der Waals surface area contributed by atoms with E-state index in [9.17, 15) is 13.6 Å². The van der Waals surface area contributed by atoms with E-state index in [1.165, 1.54) is 23.3 Å². The van der Waals surface area contributed by atoms with Crippen LogP contribution in [0.4, 0.5) is 8.78 Å². The summed E-state index contributed by atoms with van der Waals surface area (Å²) < 4.78 is 46.7. The van der Waals surface area contributed by atoms with E-state index < -0.39 is 12.4 Å². The van der Waals surface area contributed by atoms with Gasteiger partial charge in [0.25, 0.3) is 12.3 Å². The number of hydrogen-bond acceptors (Lipinski definition) is 8. The number of hydrogen-bond donors (Lipinski definition) is 1. The molecule has 3 aromatic heterocycles. The molecule has 0 aliphatic heterocycles. The molecular formula is C26H27F2N5O5. The number of imidazole rings is 1. The number of benzene rings is 1. The molecule has 0 saturated carbocycles. The second kappa shape index (κ2) is 12.4. The zero-order valence-electron chi connectivity index (χ0n) is 20.7. The highest BCUT2D eigenvalue weighted by atomic mass is 19.3. The Kier molecular flexibility index (Phi) is 8.77. The first-order valence-corrected chi connectivity index (χ1v) is 11.9. The third-order valence-corrected chi connectivity index (χ3v) is 5.57. The van der Waals surface area contributed by atoms with Crippen molar-refractivity contribution in [3.05, 3.63) is 72.5 Å². The molecule has 0 spiro atoms. The maximum Gasteiger partial charge on any atom is 0.338 e. The lowest BCUT2D eigenvalue weighted by Crippen LogP contribution is -2.13. The molecule has 0 amide bonds. The number of rotatable bonds is 13. The van der Waals surface area contributed by atoms with Gasteiger partial charge in [-0.1, -0.05) is 13.0 Å². The van der Waals surface area contributed by atoms with E-state index in [0.29, 0.717) is 34.6 Å². The highest BCUT2D eigenvalue weighted by Gasteiger charge is 2.23. The van der Waals surface area contributed by atoms with Crippen molar-refractivity contribution in [3.63, 3.8) is 0 Å². The van der Waals surface area contributed by atoms with Crippen LogP contribution in [0.25, 0.3) is 16.9 Å². The fraction of sp³-hybridized carbons (Fsp3) is 0.308. The van der Waals surface area contributed by atoms with E-state index in [1.54, 1.807) is 34.9 Å². The third-order valence-electron chi connectivity index (χ3n) is 5.57. The van der Waals surface area contributed by atoms with Crippen molar-refractivity contribution in [3.8, 4) is 22.9 Å². The number of ether oxygens (including phenoxy) is 3. The summed E-state index contributed by atoms with van der Waals surface area (Å²) in [5.74, 6) is 0.0853. The molecule has 0 unspecified atom stereocenters. The molecule has 1 aromatic carbocycles. The Morgan fingerprint density at radius 1 is 1.24 bits per heavy atom. The average molecular weight is 528 g/mol. The molecule has 0 aliphatic rings. The molecule has 0 atom stereocenters. The van der Waals surface area contributed by atoms with E-state index in [-0.39, 0.29) is 50.1 Å². The predicted molar refractivity (Wildman–Crippen MR) is 133 cm³/mol. The van der Waals surface area contributed by atoms with Gasteiger partial charge in [0.1, 0.15) is 18.1 Å². The van der Waals surface area contributed by atoms with Crippen LogP contribution in [0.5, 0.6) is 11.6 Å². The van der Waals surface area contributed by atoms with Crippen molar-refractivity contribution in [2.45, 2.75) is 26.3 Å². The number of esters is 1. The van der Waals surface area contributed by atoms with Crippen molar-refractivity contribution in [1.82, 2.24) is 24.1 Å². The Morgan fingerprint density at radius 3 is 2.82 bits per heavy atom. The molecular weight excluding hydrogens is 500 g/mol. The van der Waals surface area contributed by atoms with Crippen LogP contribution in [-0.4, -0.2) is 61.7 Å². The standard InChI is InChI=1S/C26H27F2N5O5/c1-3-8-32-16-20(22(31-32)23(27)28)21-15-30-24-25(29-7-9-33(21)24)38-18-5-6-19(17(4-2)14-18)26(35)37-13-12-36-11-10-34/h3,5-7,9,14-16,23,34H,1,4,8,10-13H2,2H3. The number of aliphatic hydroxyl groups excluding tert-OH is 1. The molecule has 38 heavy (non-hydrogen) atoms. The van der Waals surface area contributed by atoms with Crippen LogP contribution in [0.2, 0.25) is 0 Å². The maximum absolute atomic E-state index is 13.7. The SMILES string of the molecule is C=CCn1cc(-c2cnc3c(Oc4ccc(C(=O)OCCOCCO)c(CC)c4)nccn23)c(C(F)F)n1. The van der Waals surface area contributed by atoms with Crippen LogP contribution in [0.3, 0.4) is 0 Å². The van der Waals surface area contributed by atoms with E-state index in [2.05, 4.69) is 21.6 Å². The highest BCUT2D eigenvalue weighted by Crippen LogP contribution is 2.33. The van der Waals surface area contributed by atoms with Gasteiger partial charge < -0.3 is 19.3 Å². The molecule has 0 saturated heterocycles. The van der Waals surface area contributed by atoms with E-state index in [4.69, 9.17) is 19.3 Å². The van der Waals surface area contributed by atoms with Crippen molar-refractivity contribution in [2.75, 3.05) is 26.4 Å². The minimum absolute atomic E-state index is 0.0636. The van der Waals surface area contributed by atoms with Crippen LogP contribution in [-0.2, 0) is 22.4 Å². The summed E-state index contributed by atoms with van der Waals surface area (Å²) in [6.07, 6.45) is 5.41. The summed E-state index contributed by atoms with van der Waals surface area (Å²) in [4.78, 5) is 21.1. The normalized spacial score (nSPS) is 11.3. The van der Waals surface area contributed by atoms with Gasteiger partial charge >= 0.3 is 5.97 Å². The Labute approximate surface area is 217 Å². The van der Waals surface area contributed by atoms with Gasteiger partial charge in [-0.25, -0.2) is 23.5 Å². The van der Waals surface area contributed by atoms with Crippen LogP contribution < -0.4 is 4.74 Å². The number of alkyl halides is 2. The third kappa shape index (κ3) is 5.87. The maximum atomic E-state index is 13.7. The van der Waals surface area contributed by atoms with Crippen molar-refractivity contribution >= 4 is 11.6 Å². The van der Waals surface area contributed by atoms with Crippen LogP contribution in [0, 0.1) is 0 Å². The van der Waals surface area contributed by atoms with Gasteiger partial charge in [-0.2, -0.15) is 5.10 Å². The Bertz CT molecular complexity index is 1420. The van der Waals surface area contributed by atoms with Crippen LogP contribution in [0.15, 0.2) is 55.6 Å².